The van der Waals surface area contributed by atoms with Crippen molar-refractivity contribution in [3.8, 4) is 5.75 Å². The largest absolute Gasteiger partial charge is 0.486 e. The van der Waals surface area contributed by atoms with Crippen molar-refractivity contribution < 1.29 is 18.7 Å². The number of rotatable bonds is 6. The second-order valence-electron chi connectivity index (χ2n) is 6.47. The zero-order valence-corrected chi connectivity index (χ0v) is 15.7. The summed E-state index contributed by atoms with van der Waals surface area (Å²) in [5.74, 6) is 0.948. The Bertz CT molecular complexity index is 1170. The van der Waals surface area contributed by atoms with Crippen molar-refractivity contribution >= 4 is 28.3 Å². The summed E-state index contributed by atoms with van der Waals surface area (Å²) in [4.78, 5) is 28.2. The van der Waals surface area contributed by atoms with E-state index >= 15 is 0 Å². The number of hydrogen-bond acceptors (Lipinski definition) is 5. The molecular formula is C23H18N2O4. The first kappa shape index (κ1) is 18.4. The Morgan fingerprint density at radius 3 is 2.59 bits per heavy atom. The lowest BCUT2D eigenvalue weighted by atomic mass is 10.1. The van der Waals surface area contributed by atoms with Gasteiger partial charge < -0.3 is 14.5 Å². The Labute approximate surface area is 167 Å². The number of hydrogen-bond donors (Lipinski definition) is 1. The fraction of sp³-hybridized carbons (Fsp3) is 0.0870. The molecule has 2 aromatic carbocycles. The van der Waals surface area contributed by atoms with E-state index in [0.717, 1.165) is 5.39 Å². The van der Waals surface area contributed by atoms with E-state index in [2.05, 4.69) is 10.3 Å². The quantitative estimate of drug-likeness (QED) is 0.479. The Morgan fingerprint density at radius 2 is 1.79 bits per heavy atom. The number of aromatic nitrogens is 1. The lowest BCUT2D eigenvalue weighted by Crippen LogP contribution is -2.11. The van der Waals surface area contributed by atoms with Gasteiger partial charge in [-0.2, -0.15) is 0 Å². The van der Waals surface area contributed by atoms with E-state index in [1.807, 2.05) is 24.3 Å². The van der Waals surface area contributed by atoms with E-state index in [0.29, 0.717) is 28.3 Å². The van der Waals surface area contributed by atoms with Crippen LogP contribution in [0.3, 0.4) is 0 Å². The van der Waals surface area contributed by atoms with Gasteiger partial charge in [0.05, 0.1) is 11.2 Å². The number of amides is 1. The molecule has 4 rings (SSSR count). The Kier molecular flexibility index (Phi) is 5.07. The number of para-hydroxylation sites is 1. The summed E-state index contributed by atoms with van der Waals surface area (Å²) in [6.45, 7) is 1.68. The first-order valence-electron chi connectivity index (χ1n) is 9.08. The number of ketones is 1. The van der Waals surface area contributed by atoms with Gasteiger partial charge in [-0.1, -0.05) is 18.2 Å². The number of furan rings is 1. The minimum atomic E-state index is -0.361. The summed E-state index contributed by atoms with van der Waals surface area (Å²) in [6, 6.07) is 19.5. The number of benzene rings is 2. The van der Waals surface area contributed by atoms with Crippen LogP contribution in [-0.2, 0) is 6.61 Å². The molecule has 0 fully saturated rings. The molecule has 6 heteroatoms. The Morgan fingerprint density at radius 1 is 1.00 bits per heavy atom. The summed E-state index contributed by atoms with van der Waals surface area (Å²) in [7, 11) is 0. The maximum Gasteiger partial charge on any atom is 0.291 e. The van der Waals surface area contributed by atoms with Gasteiger partial charge in [0.2, 0.25) is 0 Å². The molecule has 0 atom stereocenters. The van der Waals surface area contributed by atoms with E-state index in [-0.39, 0.29) is 24.1 Å². The highest BCUT2D eigenvalue weighted by atomic mass is 16.5. The van der Waals surface area contributed by atoms with E-state index in [4.69, 9.17) is 9.15 Å². The van der Waals surface area contributed by atoms with Crippen LogP contribution < -0.4 is 10.1 Å². The topological polar surface area (TPSA) is 81.4 Å². The molecule has 0 aliphatic carbocycles. The average Bonchev–Trinajstić information content (AvgIpc) is 3.22. The van der Waals surface area contributed by atoms with Crippen LogP contribution in [0.2, 0.25) is 0 Å². The van der Waals surface area contributed by atoms with Gasteiger partial charge in [0.25, 0.3) is 5.91 Å². The second-order valence-corrected chi connectivity index (χ2v) is 6.47. The Balaban J connectivity index is 1.41. The third kappa shape index (κ3) is 4.16. The molecule has 0 saturated carbocycles. The van der Waals surface area contributed by atoms with Crippen LogP contribution in [0.5, 0.6) is 5.75 Å². The second kappa shape index (κ2) is 7.98. The van der Waals surface area contributed by atoms with E-state index in [1.165, 1.54) is 6.92 Å². The number of anilines is 1. The fourth-order valence-corrected chi connectivity index (χ4v) is 2.91. The molecule has 0 unspecified atom stereocenters. The van der Waals surface area contributed by atoms with Crippen molar-refractivity contribution in [1.29, 1.82) is 0 Å². The number of carbonyl (C=O) groups is 2. The number of nitrogens with zero attached hydrogens (tertiary/aromatic N) is 1. The SMILES string of the molecule is CC(=O)c1ccc(OCc2ccc(C(=O)Nc3cccc4cccnc34)o2)cc1. The van der Waals surface area contributed by atoms with Crippen LogP contribution in [0, 0.1) is 0 Å². The van der Waals surface area contributed by atoms with Gasteiger partial charge in [0, 0.05) is 17.1 Å². The molecule has 144 valence electrons. The minimum Gasteiger partial charge on any atom is -0.486 e. The molecular weight excluding hydrogens is 368 g/mol. The number of ether oxygens (including phenoxy) is 1. The van der Waals surface area contributed by atoms with Crippen molar-refractivity contribution in [1.82, 2.24) is 4.98 Å². The van der Waals surface area contributed by atoms with Gasteiger partial charge in [0.1, 0.15) is 18.1 Å². The highest BCUT2D eigenvalue weighted by Gasteiger charge is 2.13. The normalized spacial score (nSPS) is 10.7. The maximum absolute atomic E-state index is 12.5. The lowest BCUT2D eigenvalue weighted by molar-refractivity contribution is 0.0990. The summed E-state index contributed by atoms with van der Waals surface area (Å²) >= 11 is 0. The standard InChI is InChI=1S/C23H18N2O4/c1-15(26)16-7-9-18(10-8-16)28-14-19-11-12-21(29-19)23(27)25-20-6-2-4-17-5-3-13-24-22(17)20/h2-13H,14H2,1H3,(H,25,27). The van der Waals surface area contributed by atoms with Crippen LogP contribution in [0.1, 0.15) is 33.6 Å². The number of carbonyl (C=O) groups excluding carboxylic acids is 2. The molecule has 0 aliphatic heterocycles. The zero-order chi connectivity index (χ0) is 20.2. The minimum absolute atomic E-state index is 0.000339. The van der Waals surface area contributed by atoms with E-state index < -0.39 is 0 Å². The van der Waals surface area contributed by atoms with Crippen LogP contribution in [0.25, 0.3) is 10.9 Å². The fourth-order valence-electron chi connectivity index (χ4n) is 2.91. The van der Waals surface area contributed by atoms with Crippen LogP contribution in [0.4, 0.5) is 5.69 Å². The van der Waals surface area contributed by atoms with E-state index in [9.17, 15) is 9.59 Å². The number of Topliss-reactive ketones (excluding diaryl/α,β-unsaturated/α-hetero) is 1. The predicted octanol–water partition coefficient (Wildman–Crippen LogP) is 4.86. The molecule has 4 aromatic rings. The number of pyridine rings is 1. The van der Waals surface area contributed by atoms with Crippen LogP contribution in [0.15, 0.2) is 77.3 Å². The van der Waals surface area contributed by atoms with Gasteiger partial charge in [-0.3, -0.25) is 14.6 Å². The molecule has 1 amide bonds. The molecule has 0 saturated heterocycles. The van der Waals surface area contributed by atoms with Gasteiger partial charge in [-0.05, 0) is 55.5 Å². The van der Waals surface area contributed by atoms with Crippen molar-refractivity contribution in [2.75, 3.05) is 5.32 Å². The van der Waals surface area contributed by atoms with Crippen LogP contribution >= 0.6 is 0 Å². The number of fused-ring (bicyclic) bond motifs is 1. The third-order valence-corrected chi connectivity index (χ3v) is 4.41. The first-order valence-corrected chi connectivity index (χ1v) is 9.08. The summed E-state index contributed by atoms with van der Waals surface area (Å²) < 4.78 is 11.3. The molecule has 2 heterocycles. The van der Waals surface area contributed by atoms with Gasteiger partial charge in [0.15, 0.2) is 11.5 Å². The van der Waals surface area contributed by atoms with Crippen molar-refractivity contribution in [2.24, 2.45) is 0 Å². The molecule has 6 nitrogen and oxygen atoms in total. The van der Waals surface area contributed by atoms with Gasteiger partial charge in [-0.25, -0.2) is 0 Å². The summed E-state index contributed by atoms with van der Waals surface area (Å²) in [5, 5.41) is 3.78. The van der Waals surface area contributed by atoms with Crippen molar-refractivity contribution in [2.45, 2.75) is 13.5 Å². The molecule has 0 spiro atoms. The highest BCUT2D eigenvalue weighted by Crippen LogP contribution is 2.22. The summed E-state index contributed by atoms with van der Waals surface area (Å²) in [6.07, 6.45) is 1.68. The summed E-state index contributed by atoms with van der Waals surface area (Å²) in [5.41, 5.74) is 1.96. The van der Waals surface area contributed by atoms with Crippen molar-refractivity contribution in [3.05, 3.63) is 90.0 Å². The molecule has 0 bridgehead atoms. The number of nitrogens with one attached hydrogen (secondary N) is 1. The van der Waals surface area contributed by atoms with Gasteiger partial charge >= 0.3 is 0 Å². The highest BCUT2D eigenvalue weighted by molar-refractivity contribution is 6.06. The first-order chi connectivity index (χ1) is 14.1. The van der Waals surface area contributed by atoms with Gasteiger partial charge in [-0.15, -0.1) is 0 Å². The smallest absolute Gasteiger partial charge is 0.291 e. The average molecular weight is 386 g/mol. The van der Waals surface area contributed by atoms with Crippen molar-refractivity contribution in [3.63, 3.8) is 0 Å². The molecule has 0 radical (unpaired) electrons. The van der Waals surface area contributed by atoms with E-state index in [1.54, 1.807) is 48.7 Å². The molecule has 2 aromatic heterocycles. The Hall–Kier alpha value is -3.93. The molecule has 29 heavy (non-hydrogen) atoms. The predicted molar refractivity (Wildman–Crippen MR) is 109 cm³/mol. The maximum atomic E-state index is 12.5. The monoisotopic (exact) mass is 386 g/mol. The van der Waals surface area contributed by atoms with Crippen LogP contribution in [-0.4, -0.2) is 16.7 Å². The molecule has 1 N–H and O–H groups in total. The third-order valence-electron chi connectivity index (χ3n) is 4.41. The molecule has 0 aliphatic rings. The zero-order valence-electron chi connectivity index (χ0n) is 15.7. The lowest BCUT2D eigenvalue weighted by Gasteiger charge is -2.07.